The number of nitrogens with one attached hydrogen (secondary N) is 2. The fourth-order valence-electron chi connectivity index (χ4n) is 3.38. The monoisotopic (exact) mass is 364 g/mol. The molecule has 0 spiro atoms. The zero-order valence-electron chi connectivity index (χ0n) is 15.8. The molecule has 1 aliphatic rings. The van der Waals surface area contributed by atoms with E-state index in [1.807, 2.05) is 42.5 Å². The third-order valence-corrected chi connectivity index (χ3v) is 4.97. The van der Waals surface area contributed by atoms with Gasteiger partial charge < -0.3 is 10.6 Å². The summed E-state index contributed by atoms with van der Waals surface area (Å²) in [6.07, 6.45) is 0.352. The normalized spacial score (nSPS) is 22.0. The van der Waals surface area contributed by atoms with Crippen molar-refractivity contribution in [3.8, 4) is 0 Å². The Bertz CT molecular complexity index is 859. The van der Waals surface area contributed by atoms with Crippen molar-refractivity contribution in [3.63, 3.8) is 0 Å². The van der Waals surface area contributed by atoms with Crippen LogP contribution in [0.1, 0.15) is 37.8 Å². The van der Waals surface area contributed by atoms with E-state index in [9.17, 15) is 14.4 Å². The van der Waals surface area contributed by atoms with Crippen molar-refractivity contribution in [2.45, 2.75) is 38.6 Å². The Kier molecular flexibility index (Phi) is 5.13. The zero-order valence-corrected chi connectivity index (χ0v) is 15.8. The molecule has 3 rings (SSSR count). The van der Waals surface area contributed by atoms with Gasteiger partial charge in [-0.1, -0.05) is 56.3 Å². The SMILES string of the molecule is CC(C)c1ccc(NC(=O)C2C(=O)NC(C)(Cc3ccccc3)C2=O)cc1. The van der Waals surface area contributed by atoms with Crippen LogP contribution in [-0.4, -0.2) is 23.1 Å². The Balaban J connectivity index is 1.73. The molecule has 27 heavy (non-hydrogen) atoms. The molecule has 1 saturated heterocycles. The molecule has 2 amide bonds. The van der Waals surface area contributed by atoms with Crippen LogP contribution in [-0.2, 0) is 20.8 Å². The number of anilines is 1. The van der Waals surface area contributed by atoms with Crippen LogP contribution in [0.25, 0.3) is 0 Å². The second-order valence-electron chi connectivity index (χ2n) is 7.55. The highest BCUT2D eigenvalue weighted by molar-refractivity contribution is 6.27. The molecule has 0 radical (unpaired) electrons. The average Bonchev–Trinajstić information content (AvgIpc) is 2.84. The van der Waals surface area contributed by atoms with Crippen LogP contribution in [0, 0.1) is 5.92 Å². The molecule has 5 heteroatoms. The predicted molar refractivity (Wildman–Crippen MR) is 104 cm³/mol. The number of ketones is 1. The standard InChI is InChI=1S/C22H24N2O3/c1-14(2)16-9-11-17(12-10-16)23-20(26)18-19(25)22(3,24-21(18)27)13-15-7-5-4-6-8-15/h4-12,14,18H,13H2,1-3H3,(H,23,26)(H,24,27). The van der Waals surface area contributed by atoms with Crippen molar-refractivity contribution in [1.29, 1.82) is 0 Å². The van der Waals surface area contributed by atoms with Gasteiger partial charge in [-0.2, -0.15) is 0 Å². The van der Waals surface area contributed by atoms with Crippen LogP contribution in [0.15, 0.2) is 54.6 Å². The molecule has 2 aromatic carbocycles. The van der Waals surface area contributed by atoms with Crippen LogP contribution in [0.4, 0.5) is 5.69 Å². The molecule has 2 N–H and O–H groups in total. The number of hydrogen-bond acceptors (Lipinski definition) is 3. The van der Waals surface area contributed by atoms with Crippen molar-refractivity contribution in [2.24, 2.45) is 5.92 Å². The Hall–Kier alpha value is -2.95. The smallest absolute Gasteiger partial charge is 0.244 e. The second-order valence-corrected chi connectivity index (χ2v) is 7.55. The van der Waals surface area contributed by atoms with Gasteiger partial charge in [-0.3, -0.25) is 14.4 Å². The molecule has 1 fully saturated rings. The van der Waals surface area contributed by atoms with E-state index in [1.165, 1.54) is 0 Å². The minimum atomic E-state index is -1.33. The lowest BCUT2D eigenvalue weighted by Crippen LogP contribution is -2.45. The van der Waals surface area contributed by atoms with Crippen LogP contribution in [0.5, 0.6) is 0 Å². The van der Waals surface area contributed by atoms with E-state index in [4.69, 9.17) is 0 Å². The van der Waals surface area contributed by atoms with Gasteiger partial charge in [0.25, 0.3) is 0 Å². The van der Waals surface area contributed by atoms with Gasteiger partial charge in [0.2, 0.25) is 11.8 Å². The summed E-state index contributed by atoms with van der Waals surface area (Å²) in [5, 5.41) is 5.41. The molecule has 1 heterocycles. The molecular formula is C22H24N2O3. The van der Waals surface area contributed by atoms with Gasteiger partial charge >= 0.3 is 0 Å². The fourth-order valence-corrected chi connectivity index (χ4v) is 3.38. The van der Waals surface area contributed by atoms with E-state index in [0.29, 0.717) is 18.0 Å². The van der Waals surface area contributed by atoms with Gasteiger partial charge in [0, 0.05) is 12.1 Å². The van der Waals surface area contributed by atoms with E-state index in [-0.39, 0.29) is 0 Å². The first-order valence-corrected chi connectivity index (χ1v) is 9.11. The quantitative estimate of drug-likeness (QED) is 0.801. The molecule has 2 aromatic rings. The van der Waals surface area contributed by atoms with Crippen molar-refractivity contribution < 1.29 is 14.4 Å². The summed E-state index contributed by atoms with van der Waals surface area (Å²) in [6, 6.07) is 16.9. The largest absolute Gasteiger partial charge is 0.342 e. The molecule has 5 nitrogen and oxygen atoms in total. The topological polar surface area (TPSA) is 75.3 Å². The number of carbonyl (C=O) groups is 3. The number of hydrogen-bond donors (Lipinski definition) is 2. The molecule has 2 unspecified atom stereocenters. The number of amides is 2. The maximum atomic E-state index is 12.9. The predicted octanol–water partition coefficient (Wildman–Crippen LogP) is 3.07. The molecule has 0 aliphatic carbocycles. The fraction of sp³-hybridized carbons (Fsp3) is 0.318. The van der Waals surface area contributed by atoms with E-state index >= 15 is 0 Å². The van der Waals surface area contributed by atoms with E-state index in [1.54, 1.807) is 19.1 Å². The highest BCUT2D eigenvalue weighted by Gasteiger charge is 2.52. The van der Waals surface area contributed by atoms with Crippen LogP contribution in [0.2, 0.25) is 0 Å². The van der Waals surface area contributed by atoms with Gasteiger partial charge in [-0.15, -0.1) is 0 Å². The first kappa shape index (κ1) is 18.8. The minimum Gasteiger partial charge on any atom is -0.342 e. The summed E-state index contributed by atoms with van der Waals surface area (Å²) < 4.78 is 0. The maximum Gasteiger partial charge on any atom is 0.244 e. The van der Waals surface area contributed by atoms with Crippen LogP contribution in [0.3, 0.4) is 0 Å². The number of benzene rings is 2. The van der Waals surface area contributed by atoms with Crippen LogP contribution < -0.4 is 10.6 Å². The summed E-state index contributed by atoms with van der Waals surface area (Å²) in [4.78, 5) is 37.8. The maximum absolute atomic E-state index is 12.9. The number of carbonyl (C=O) groups excluding carboxylic acids is 3. The van der Waals surface area contributed by atoms with Gasteiger partial charge in [-0.05, 0) is 36.1 Å². The van der Waals surface area contributed by atoms with E-state index in [2.05, 4.69) is 24.5 Å². The highest BCUT2D eigenvalue weighted by Crippen LogP contribution is 2.26. The van der Waals surface area contributed by atoms with E-state index in [0.717, 1.165) is 11.1 Å². The van der Waals surface area contributed by atoms with E-state index < -0.39 is 29.1 Å². The lowest BCUT2D eigenvalue weighted by Gasteiger charge is -2.22. The van der Waals surface area contributed by atoms with Crippen molar-refractivity contribution in [1.82, 2.24) is 5.32 Å². The first-order valence-electron chi connectivity index (χ1n) is 9.11. The van der Waals surface area contributed by atoms with Crippen molar-refractivity contribution in [2.75, 3.05) is 5.32 Å². The lowest BCUT2D eigenvalue weighted by molar-refractivity contribution is -0.135. The Morgan fingerprint density at radius 3 is 2.30 bits per heavy atom. The molecule has 1 aliphatic heterocycles. The van der Waals surface area contributed by atoms with Gasteiger partial charge in [-0.25, -0.2) is 0 Å². The second kappa shape index (κ2) is 7.35. The Morgan fingerprint density at radius 1 is 1.07 bits per heavy atom. The minimum absolute atomic E-state index is 0.352. The highest BCUT2D eigenvalue weighted by atomic mass is 16.2. The number of rotatable bonds is 5. The lowest BCUT2D eigenvalue weighted by atomic mass is 9.86. The van der Waals surface area contributed by atoms with Gasteiger partial charge in [0.05, 0.1) is 0 Å². The first-order chi connectivity index (χ1) is 12.8. The summed E-state index contributed by atoms with van der Waals surface area (Å²) in [7, 11) is 0. The average molecular weight is 364 g/mol. The van der Waals surface area contributed by atoms with Gasteiger partial charge in [0.15, 0.2) is 11.7 Å². The molecule has 0 bridgehead atoms. The molecule has 0 saturated carbocycles. The molecule has 2 atom stereocenters. The third-order valence-electron chi connectivity index (χ3n) is 4.97. The molecule has 140 valence electrons. The third kappa shape index (κ3) is 3.92. The summed E-state index contributed by atoms with van der Waals surface area (Å²) in [5.41, 5.74) is 1.57. The van der Waals surface area contributed by atoms with Crippen molar-refractivity contribution in [3.05, 3.63) is 65.7 Å². The molecule has 0 aromatic heterocycles. The Labute approximate surface area is 159 Å². The van der Waals surface area contributed by atoms with Crippen molar-refractivity contribution >= 4 is 23.3 Å². The number of Topliss-reactive ketones (excluding diaryl/α,β-unsaturated/α-hetero) is 1. The summed E-state index contributed by atoms with van der Waals surface area (Å²) in [5.74, 6) is -2.48. The summed E-state index contributed by atoms with van der Waals surface area (Å²) >= 11 is 0. The van der Waals surface area contributed by atoms with Crippen LogP contribution >= 0.6 is 0 Å². The summed E-state index contributed by atoms with van der Waals surface area (Å²) in [6.45, 7) is 5.84. The van der Waals surface area contributed by atoms with Gasteiger partial charge in [0.1, 0.15) is 5.54 Å². The molecular weight excluding hydrogens is 340 g/mol. The Morgan fingerprint density at radius 2 is 1.70 bits per heavy atom. The zero-order chi connectivity index (χ0) is 19.6.